The average Bonchev–Trinajstić information content (AvgIpc) is 2.07. The van der Waals surface area contributed by atoms with Crippen molar-refractivity contribution in [3.63, 3.8) is 0 Å². The second kappa shape index (κ2) is 3.88. The van der Waals surface area contributed by atoms with Crippen molar-refractivity contribution >= 4 is 34.4 Å². The molecule has 0 radical (unpaired) electrons. The molecule has 0 aliphatic rings. The SMILES string of the molecule is NC(=S)Nc1ccc(N)c([N+](=O)[O-])c1. The van der Waals surface area contributed by atoms with Gasteiger partial charge in [0.05, 0.1) is 4.92 Å². The molecule has 1 aromatic carbocycles. The number of nitro groups is 1. The number of thiocarbonyl (C=S) groups is 1. The van der Waals surface area contributed by atoms with Gasteiger partial charge in [0.15, 0.2) is 5.11 Å². The Labute approximate surface area is 85.0 Å². The van der Waals surface area contributed by atoms with Gasteiger partial charge in [-0.2, -0.15) is 0 Å². The molecule has 0 fully saturated rings. The molecule has 0 spiro atoms. The molecule has 0 aliphatic carbocycles. The van der Waals surface area contributed by atoms with Gasteiger partial charge in [-0.25, -0.2) is 0 Å². The van der Waals surface area contributed by atoms with Gasteiger partial charge in [-0.1, -0.05) is 0 Å². The predicted molar refractivity (Wildman–Crippen MR) is 57.9 cm³/mol. The monoisotopic (exact) mass is 212 g/mol. The summed E-state index contributed by atoms with van der Waals surface area (Å²) >= 11 is 4.58. The summed E-state index contributed by atoms with van der Waals surface area (Å²) in [7, 11) is 0. The van der Waals surface area contributed by atoms with E-state index in [0.717, 1.165) is 0 Å². The van der Waals surface area contributed by atoms with Crippen LogP contribution in [0.5, 0.6) is 0 Å². The molecule has 1 aromatic rings. The molecule has 1 rings (SSSR count). The molecule has 0 atom stereocenters. The zero-order chi connectivity index (χ0) is 10.7. The number of nitrogens with two attached hydrogens (primary N) is 2. The van der Waals surface area contributed by atoms with E-state index in [4.69, 9.17) is 11.5 Å². The van der Waals surface area contributed by atoms with Gasteiger partial charge in [0.1, 0.15) is 5.69 Å². The predicted octanol–water partition coefficient (Wildman–Crippen LogP) is 0.833. The summed E-state index contributed by atoms with van der Waals surface area (Å²) in [5.74, 6) is 0. The lowest BCUT2D eigenvalue weighted by Gasteiger charge is -2.04. The maximum absolute atomic E-state index is 10.5. The molecule has 6 nitrogen and oxygen atoms in total. The van der Waals surface area contributed by atoms with Gasteiger partial charge < -0.3 is 16.8 Å². The van der Waals surface area contributed by atoms with Gasteiger partial charge in [-0.3, -0.25) is 10.1 Å². The summed E-state index contributed by atoms with van der Waals surface area (Å²) in [6.07, 6.45) is 0. The maximum atomic E-state index is 10.5. The Bertz CT molecular complexity index is 393. The Morgan fingerprint density at radius 3 is 2.71 bits per heavy atom. The van der Waals surface area contributed by atoms with E-state index in [9.17, 15) is 10.1 Å². The van der Waals surface area contributed by atoms with Crippen molar-refractivity contribution in [3.05, 3.63) is 28.3 Å². The van der Waals surface area contributed by atoms with Crippen LogP contribution in [0.1, 0.15) is 0 Å². The van der Waals surface area contributed by atoms with Crippen LogP contribution in [0.3, 0.4) is 0 Å². The molecular weight excluding hydrogens is 204 g/mol. The molecule has 0 saturated heterocycles. The van der Waals surface area contributed by atoms with E-state index >= 15 is 0 Å². The summed E-state index contributed by atoms with van der Waals surface area (Å²) in [6.45, 7) is 0. The minimum Gasteiger partial charge on any atom is -0.393 e. The lowest BCUT2D eigenvalue weighted by atomic mass is 10.2. The molecule has 0 amide bonds. The van der Waals surface area contributed by atoms with Crippen LogP contribution in [0, 0.1) is 10.1 Å². The van der Waals surface area contributed by atoms with Crippen molar-refractivity contribution in [3.8, 4) is 0 Å². The van der Waals surface area contributed by atoms with Gasteiger partial charge in [-0.15, -0.1) is 0 Å². The van der Waals surface area contributed by atoms with Crippen LogP contribution >= 0.6 is 12.2 Å². The van der Waals surface area contributed by atoms with Crippen LogP contribution in [-0.4, -0.2) is 10.0 Å². The van der Waals surface area contributed by atoms with Gasteiger partial charge in [0.2, 0.25) is 0 Å². The van der Waals surface area contributed by atoms with Crippen molar-refractivity contribution in [2.75, 3.05) is 11.1 Å². The second-order valence-corrected chi connectivity index (χ2v) is 2.96. The van der Waals surface area contributed by atoms with E-state index in [1.54, 1.807) is 6.07 Å². The van der Waals surface area contributed by atoms with E-state index in [-0.39, 0.29) is 16.5 Å². The first-order chi connectivity index (χ1) is 6.50. The normalized spacial score (nSPS) is 9.43. The number of rotatable bonds is 2. The molecular formula is C7H8N4O2S. The molecule has 0 heterocycles. The Balaban J connectivity index is 3.06. The summed E-state index contributed by atoms with van der Waals surface area (Å²) in [6, 6.07) is 4.24. The highest BCUT2D eigenvalue weighted by atomic mass is 32.1. The number of hydrogen-bond acceptors (Lipinski definition) is 4. The molecule has 0 aromatic heterocycles. The number of hydrogen-bond donors (Lipinski definition) is 3. The Morgan fingerprint density at radius 1 is 1.57 bits per heavy atom. The minimum absolute atomic E-state index is 0.0454. The molecule has 14 heavy (non-hydrogen) atoms. The van der Waals surface area contributed by atoms with Gasteiger partial charge in [0.25, 0.3) is 5.69 Å². The average molecular weight is 212 g/mol. The third kappa shape index (κ3) is 2.30. The largest absolute Gasteiger partial charge is 0.393 e. The highest BCUT2D eigenvalue weighted by molar-refractivity contribution is 7.80. The zero-order valence-corrected chi connectivity index (χ0v) is 7.88. The Hall–Kier alpha value is -1.89. The van der Waals surface area contributed by atoms with Crippen LogP contribution in [0.2, 0.25) is 0 Å². The number of nitrogen functional groups attached to an aromatic ring is 1. The lowest BCUT2D eigenvalue weighted by molar-refractivity contribution is -0.383. The Morgan fingerprint density at radius 2 is 2.21 bits per heavy atom. The first-order valence-electron chi connectivity index (χ1n) is 3.61. The second-order valence-electron chi connectivity index (χ2n) is 2.52. The first kappa shape index (κ1) is 10.2. The molecule has 7 heteroatoms. The van der Waals surface area contributed by atoms with Gasteiger partial charge in [-0.05, 0) is 24.4 Å². The highest BCUT2D eigenvalue weighted by Gasteiger charge is 2.11. The molecule has 0 unspecified atom stereocenters. The topological polar surface area (TPSA) is 107 Å². The fourth-order valence-corrected chi connectivity index (χ4v) is 1.04. The summed E-state index contributed by atoms with van der Waals surface area (Å²) in [4.78, 5) is 9.92. The van der Waals surface area contributed by atoms with Crippen LogP contribution in [0.15, 0.2) is 18.2 Å². The smallest absolute Gasteiger partial charge is 0.294 e. The summed E-state index contributed by atoms with van der Waals surface area (Å²) in [5.41, 5.74) is 11.0. The first-order valence-corrected chi connectivity index (χ1v) is 4.02. The van der Waals surface area contributed by atoms with Crippen molar-refractivity contribution in [1.82, 2.24) is 0 Å². The van der Waals surface area contributed by atoms with Crippen molar-refractivity contribution in [1.29, 1.82) is 0 Å². The molecule has 74 valence electrons. The van der Waals surface area contributed by atoms with Crippen LogP contribution in [0.4, 0.5) is 17.1 Å². The number of nitro benzene ring substituents is 1. The van der Waals surface area contributed by atoms with Crippen LogP contribution in [0.25, 0.3) is 0 Å². The number of nitrogens with zero attached hydrogens (tertiary/aromatic N) is 1. The number of anilines is 2. The summed E-state index contributed by atoms with van der Waals surface area (Å²) < 4.78 is 0. The van der Waals surface area contributed by atoms with E-state index < -0.39 is 4.92 Å². The molecule has 0 saturated carbocycles. The van der Waals surface area contributed by atoms with Crippen LogP contribution in [-0.2, 0) is 0 Å². The van der Waals surface area contributed by atoms with Crippen molar-refractivity contribution < 1.29 is 4.92 Å². The van der Waals surface area contributed by atoms with E-state index in [1.165, 1.54) is 12.1 Å². The van der Waals surface area contributed by atoms with Crippen molar-refractivity contribution in [2.24, 2.45) is 5.73 Å². The fourth-order valence-electron chi connectivity index (χ4n) is 0.922. The molecule has 0 aliphatic heterocycles. The third-order valence-corrected chi connectivity index (χ3v) is 1.60. The highest BCUT2D eigenvalue weighted by Crippen LogP contribution is 2.24. The van der Waals surface area contributed by atoms with E-state index in [2.05, 4.69) is 17.5 Å². The zero-order valence-electron chi connectivity index (χ0n) is 7.06. The van der Waals surface area contributed by atoms with E-state index in [1.807, 2.05) is 0 Å². The quantitative estimate of drug-likeness (QED) is 0.290. The standard InChI is InChI=1S/C7H8N4O2S/c8-5-2-1-4(10-7(9)14)3-6(5)11(12)13/h1-3H,8H2,(H3,9,10,14). The maximum Gasteiger partial charge on any atom is 0.294 e. The fraction of sp³-hybridized carbons (Fsp3) is 0. The minimum atomic E-state index is -0.569. The number of nitrogens with one attached hydrogen (secondary N) is 1. The van der Waals surface area contributed by atoms with Gasteiger partial charge >= 0.3 is 0 Å². The molecule has 0 bridgehead atoms. The molecule has 5 N–H and O–H groups in total. The van der Waals surface area contributed by atoms with Crippen molar-refractivity contribution in [2.45, 2.75) is 0 Å². The van der Waals surface area contributed by atoms with Crippen LogP contribution < -0.4 is 16.8 Å². The summed E-state index contributed by atoms with van der Waals surface area (Å²) in [5, 5.41) is 13.1. The number of benzene rings is 1. The lowest BCUT2D eigenvalue weighted by Crippen LogP contribution is -2.18. The van der Waals surface area contributed by atoms with Gasteiger partial charge in [0, 0.05) is 11.8 Å². The Kier molecular flexibility index (Phi) is 2.82. The van der Waals surface area contributed by atoms with E-state index in [0.29, 0.717) is 5.69 Å². The third-order valence-electron chi connectivity index (χ3n) is 1.49.